The van der Waals surface area contributed by atoms with Crippen LogP contribution in [0.1, 0.15) is 18.1 Å². The molecular weight excluding hydrogens is 298 g/mol. The van der Waals surface area contributed by atoms with Crippen LogP contribution in [0.3, 0.4) is 0 Å². The van der Waals surface area contributed by atoms with Gasteiger partial charge in [0.1, 0.15) is 6.54 Å². The predicted molar refractivity (Wildman–Crippen MR) is 86.3 cm³/mol. The van der Waals surface area contributed by atoms with Crippen LogP contribution in [-0.4, -0.2) is 19.5 Å². The number of anilines is 1. The summed E-state index contributed by atoms with van der Waals surface area (Å²) in [7, 11) is 1.92. The Labute approximate surface area is 134 Å². The van der Waals surface area contributed by atoms with Crippen LogP contribution in [0.5, 0.6) is 0 Å². The molecule has 1 atom stereocenters. The summed E-state index contributed by atoms with van der Waals surface area (Å²) in [6.45, 7) is 3.07. The number of likely N-dealkylation sites (N-methyl/N-ethyl adjacent to an activating group) is 1. The van der Waals surface area contributed by atoms with Crippen molar-refractivity contribution in [2.45, 2.75) is 19.9 Å². The molecule has 0 fully saturated rings. The Morgan fingerprint density at radius 2 is 1.70 bits per heavy atom. The van der Waals surface area contributed by atoms with Crippen LogP contribution in [0.25, 0.3) is 0 Å². The van der Waals surface area contributed by atoms with Crippen molar-refractivity contribution in [2.75, 3.05) is 18.9 Å². The topological polar surface area (TPSA) is 33.5 Å². The van der Waals surface area contributed by atoms with Crippen molar-refractivity contribution in [3.05, 3.63) is 65.2 Å². The standard InChI is InChI=1S/C18H20F2N2O/c1-3-13-4-6-14(7-5-13)11-22(2)12-18(23)21-15-8-9-16(19)17(20)10-15/h4-10H,3,11-12H2,1-2H3,(H,21,23)/p+1. The Hall–Kier alpha value is -2.27. The number of carbonyl (C=O) groups is 1. The third-order valence-electron chi connectivity index (χ3n) is 3.60. The van der Waals surface area contributed by atoms with E-state index in [0.717, 1.165) is 35.6 Å². The van der Waals surface area contributed by atoms with Crippen LogP contribution < -0.4 is 10.2 Å². The fourth-order valence-electron chi connectivity index (χ4n) is 2.36. The second kappa shape index (κ2) is 7.83. The SMILES string of the molecule is CCc1ccc(C[NH+](C)CC(=O)Nc2ccc(F)c(F)c2)cc1. The smallest absolute Gasteiger partial charge is 0.279 e. The fourth-order valence-corrected chi connectivity index (χ4v) is 2.36. The van der Waals surface area contributed by atoms with Crippen LogP contribution in [0, 0.1) is 11.6 Å². The number of hydrogen-bond acceptors (Lipinski definition) is 1. The second-order valence-corrected chi connectivity index (χ2v) is 5.66. The van der Waals surface area contributed by atoms with Gasteiger partial charge in [0.15, 0.2) is 18.2 Å². The average Bonchev–Trinajstić information content (AvgIpc) is 2.51. The van der Waals surface area contributed by atoms with Gasteiger partial charge < -0.3 is 10.2 Å². The number of halogens is 2. The maximum absolute atomic E-state index is 13.1. The van der Waals surface area contributed by atoms with Crippen molar-refractivity contribution in [3.8, 4) is 0 Å². The van der Waals surface area contributed by atoms with Gasteiger partial charge in [0, 0.05) is 17.3 Å². The van der Waals surface area contributed by atoms with E-state index in [2.05, 4.69) is 36.5 Å². The van der Waals surface area contributed by atoms with Gasteiger partial charge in [0.25, 0.3) is 5.91 Å². The molecule has 0 aromatic heterocycles. The molecule has 2 aromatic rings. The molecular formula is C18H21F2N2O+. The lowest BCUT2D eigenvalue weighted by Gasteiger charge is -2.14. The molecule has 1 unspecified atom stereocenters. The van der Waals surface area contributed by atoms with Crippen molar-refractivity contribution in [1.29, 1.82) is 0 Å². The Balaban J connectivity index is 1.87. The summed E-state index contributed by atoms with van der Waals surface area (Å²) >= 11 is 0. The number of aryl methyl sites for hydroxylation is 1. The fraction of sp³-hybridized carbons (Fsp3) is 0.278. The molecule has 3 nitrogen and oxygen atoms in total. The molecule has 0 saturated carbocycles. The van der Waals surface area contributed by atoms with Gasteiger partial charge in [-0.2, -0.15) is 0 Å². The summed E-state index contributed by atoms with van der Waals surface area (Å²) in [5, 5.41) is 2.58. The van der Waals surface area contributed by atoms with E-state index in [1.165, 1.54) is 11.6 Å². The molecule has 0 saturated heterocycles. The molecule has 0 bridgehead atoms. The van der Waals surface area contributed by atoms with Gasteiger partial charge in [0.2, 0.25) is 0 Å². The van der Waals surface area contributed by atoms with E-state index >= 15 is 0 Å². The first kappa shape index (κ1) is 17.1. The Morgan fingerprint density at radius 3 is 2.30 bits per heavy atom. The predicted octanol–water partition coefficient (Wildman–Crippen LogP) is 2.18. The Kier molecular flexibility index (Phi) is 5.82. The minimum atomic E-state index is -0.973. The van der Waals surface area contributed by atoms with E-state index in [-0.39, 0.29) is 18.1 Å². The van der Waals surface area contributed by atoms with Crippen LogP contribution in [0.15, 0.2) is 42.5 Å². The molecule has 0 aliphatic rings. The van der Waals surface area contributed by atoms with E-state index in [1.54, 1.807) is 0 Å². The molecule has 0 radical (unpaired) electrons. The molecule has 0 aliphatic carbocycles. The van der Waals surface area contributed by atoms with E-state index in [0.29, 0.717) is 0 Å². The number of hydrogen-bond donors (Lipinski definition) is 2. The van der Waals surface area contributed by atoms with Gasteiger partial charge in [-0.05, 0) is 24.1 Å². The number of rotatable bonds is 6. The molecule has 122 valence electrons. The van der Waals surface area contributed by atoms with Crippen LogP contribution in [-0.2, 0) is 17.8 Å². The summed E-state index contributed by atoms with van der Waals surface area (Å²) in [4.78, 5) is 13.0. The van der Waals surface area contributed by atoms with Crippen molar-refractivity contribution < 1.29 is 18.5 Å². The third-order valence-corrected chi connectivity index (χ3v) is 3.60. The van der Waals surface area contributed by atoms with Gasteiger partial charge in [-0.15, -0.1) is 0 Å². The monoisotopic (exact) mass is 319 g/mol. The molecule has 1 amide bonds. The number of carbonyl (C=O) groups excluding carboxylic acids is 1. The van der Waals surface area contributed by atoms with Crippen LogP contribution in [0.2, 0.25) is 0 Å². The van der Waals surface area contributed by atoms with Crippen molar-refractivity contribution in [1.82, 2.24) is 0 Å². The Bertz CT molecular complexity index is 671. The van der Waals surface area contributed by atoms with Crippen molar-refractivity contribution in [2.24, 2.45) is 0 Å². The first-order valence-corrected chi connectivity index (χ1v) is 7.62. The average molecular weight is 319 g/mol. The lowest BCUT2D eigenvalue weighted by atomic mass is 10.1. The van der Waals surface area contributed by atoms with Gasteiger partial charge >= 0.3 is 0 Å². The molecule has 2 N–H and O–H groups in total. The van der Waals surface area contributed by atoms with Crippen molar-refractivity contribution >= 4 is 11.6 Å². The summed E-state index contributed by atoms with van der Waals surface area (Å²) in [5.41, 5.74) is 2.69. The highest BCUT2D eigenvalue weighted by Gasteiger charge is 2.12. The minimum absolute atomic E-state index is 0.237. The zero-order valence-electron chi connectivity index (χ0n) is 13.3. The lowest BCUT2D eigenvalue weighted by Crippen LogP contribution is -3.08. The number of quaternary nitrogens is 1. The Morgan fingerprint density at radius 1 is 1.04 bits per heavy atom. The highest BCUT2D eigenvalue weighted by atomic mass is 19.2. The van der Waals surface area contributed by atoms with E-state index in [9.17, 15) is 13.6 Å². The number of amides is 1. The quantitative estimate of drug-likeness (QED) is 0.841. The molecule has 0 aliphatic heterocycles. The van der Waals surface area contributed by atoms with E-state index < -0.39 is 11.6 Å². The maximum atomic E-state index is 13.1. The summed E-state index contributed by atoms with van der Waals surface area (Å²) < 4.78 is 26.0. The molecule has 0 heterocycles. The second-order valence-electron chi connectivity index (χ2n) is 5.66. The third kappa shape index (κ3) is 5.14. The molecule has 5 heteroatoms. The largest absolute Gasteiger partial charge is 0.326 e. The summed E-state index contributed by atoms with van der Waals surface area (Å²) in [6.07, 6.45) is 1.000. The molecule has 2 aromatic carbocycles. The van der Waals surface area contributed by atoms with Gasteiger partial charge in [-0.1, -0.05) is 31.2 Å². The maximum Gasteiger partial charge on any atom is 0.279 e. The number of nitrogens with one attached hydrogen (secondary N) is 2. The lowest BCUT2D eigenvalue weighted by molar-refractivity contribution is -0.885. The van der Waals surface area contributed by atoms with E-state index in [1.807, 2.05) is 7.05 Å². The van der Waals surface area contributed by atoms with Gasteiger partial charge in [0.05, 0.1) is 7.05 Å². The van der Waals surface area contributed by atoms with Gasteiger partial charge in [-0.3, -0.25) is 4.79 Å². The van der Waals surface area contributed by atoms with E-state index in [4.69, 9.17) is 0 Å². The normalized spacial score (nSPS) is 12.0. The van der Waals surface area contributed by atoms with Crippen LogP contribution >= 0.6 is 0 Å². The first-order chi connectivity index (χ1) is 11.0. The molecule has 23 heavy (non-hydrogen) atoms. The molecule has 2 rings (SSSR count). The van der Waals surface area contributed by atoms with Crippen molar-refractivity contribution in [3.63, 3.8) is 0 Å². The van der Waals surface area contributed by atoms with Crippen LogP contribution in [0.4, 0.5) is 14.5 Å². The minimum Gasteiger partial charge on any atom is -0.326 e. The summed E-state index contributed by atoms with van der Waals surface area (Å²) in [5.74, 6) is -2.14. The zero-order chi connectivity index (χ0) is 16.8. The zero-order valence-corrected chi connectivity index (χ0v) is 13.3. The van der Waals surface area contributed by atoms with Gasteiger partial charge in [-0.25, -0.2) is 8.78 Å². The molecule has 0 spiro atoms. The highest BCUT2D eigenvalue weighted by Crippen LogP contribution is 2.12. The highest BCUT2D eigenvalue weighted by molar-refractivity contribution is 5.91. The number of benzene rings is 2. The first-order valence-electron chi connectivity index (χ1n) is 7.62. The summed E-state index contributed by atoms with van der Waals surface area (Å²) in [6, 6.07) is 11.6.